The van der Waals surface area contributed by atoms with Gasteiger partial charge in [-0.2, -0.15) is 0 Å². The number of hydrogen-bond donors (Lipinski definition) is 1. The molecule has 0 spiro atoms. The first-order valence-electron chi connectivity index (χ1n) is 7.08. The number of carboxylic acids is 1. The van der Waals surface area contributed by atoms with E-state index in [4.69, 9.17) is 4.74 Å². The van der Waals surface area contributed by atoms with Crippen molar-refractivity contribution in [2.75, 3.05) is 0 Å². The first-order chi connectivity index (χ1) is 8.94. The average Bonchev–Trinajstić information content (AvgIpc) is 2.59. The molecule has 1 N–H and O–H groups in total. The predicted octanol–water partition coefficient (Wildman–Crippen LogP) is 3.31. The van der Waals surface area contributed by atoms with Crippen molar-refractivity contribution in [2.24, 2.45) is 5.41 Å². The third-order valence-electron chi connectivity index (χ3n) is 4.03. The molecule has 108 valence electrons. The number of ether oxygens (including phenoxy) is 1. The van der Waals surface area contributed by atoms with Crippen molar-refractivity contribution in [3.8, 4) is 0 Å². The molecule has 0 amide bonds. The van der Waals surface area contributed by atoms with Gasteiger partial charge in [0.25, 0.3) is 0 Å². The summed E-state index contributed by atoms with van der Waals surface area (Å²) in [6.07, 6.45) is 6.77. The highest BCUT2D eigenvalue weighted by molar-refractivity contribution is 6.00. The monoisotopic (exact) mass is 268 g/mol. The summed E-state index contributed by atoms with van der Waals surface area (Å²) >= 11 is 0. The molecule has 1 saturated heterocycles. The van der Waals surface area contributed by atoms with Crippen LogP contribution in [0.15, 0.2) is 12.2 Å². The van der Waals surface area contributed by atoms with Crippen LogP contribution in [0.2, 0.25) is 0 Å². The minimum absolute atomic E-state index is 0.0657. The fourth-order valence-corrected chi connectivity index (χ4v) is 2.45. The molecule has 0 radical (unpaired) electrons. The number of aliphatic carboxylic acids is 1. The average molecular weight is 268 g/mol. The molecule has 19 heavy (non-hydrogen) atoms. The second kappa shape index (κ2) is 6.73. The molecule has 2 atom stereocenters. The van der Waals surface area contributed by atoms with Gasteiger partial charge in [-0.05, 0) is 19.8 Å². The van der Waals surface area contributed by atoms with Gasteiger partial charge in [-0.3, -0.25) is 4.79 Å². The lowest BCUT2D eigenvalue weighted by Gasteiger charge is -2.24. The van der Waals surface area contributed by atoms with Crippen LogP contribution in [0.25, 0.3) is 0 Å². The largest absolute Gasteiger partial charge is 0.480 e. The Balaban J connectivity index is 2.46. The topological polar surface area (TPSA) is 63.6 Å². The van der Waals surface area contributed by atoms with E-state index in [9.17, 15) is 14.7 Å². The lowest BCUT2D eigenvalue weighted by atomic mass is 9.78. The number of unbranched alkanes of at least 4 members (excludes halogenated alkanes) is 5. The molecule has 1 rings (SSSR count). The third kappa shape index (κ3) is 3.37. The van der Waals surface area contributed by atoms with Crippen molar-refractivity contribution in [2.45, 2.75) is 64.9 Å². The van der Waals surface area contributed by atoms with Gasteiger partial charge in [0.05, 0.1) is 5.57 Å². The normalized spacial score (nSPS) is 26.5. The number of rotatable bonds is 8. The standard InChI is InChI=1S/C15H24O4/c1-4-5-6-7-8-9-10-12-15(3,14(17)18)11(2)13(16)19-12/h12H,2,4-10H2,1,3H3,(H,17,18). The zero-order valence-electron chi connectivity index (χ0n) is 11.9. The first-order valence-corrected chi connectivity index (χ1v) is 7.08. The molecule has 1 fully saturated rings. The molecule has 4 heteroatoms. The summed E-state index contributed by atoms with van der Waals surface area (Å²) in [6.45, 7) is 7.27. The number of carboxylic acid groups (broad SMARTS) is 1. The van der Waals surface area contributed by atoms with Crippen LogP contribution >= 0.6 is 0 Å². The second-order valence-corrected chi connectivity index (χ2v) is 5.44. The minimum Gasteiger partial charge on any atom is -0.480 e. The van der Waals surface area contributed by atoms with E-state index in [-0.39, 0.29) is 5.57 Å². The Labute approximate surface area is 114 Å². The van der Waals surface area contributed by atoms with E-state index in [1.54, 1.807) is 0 Å². The Morgan fingerprint density at radius 1 is 1.32 bits per heavy atom. The van der Waals surface area contributed by atoms with Crippen LogP contribution in [0.4, 0.5) is 0 Å². The van der Waals surface area contributed by atoms with Crippen LogP contribution in [0, 0.1) is 5.41 Å². The molecule has 0 aromatic carbocycles. The van der Waals surface area contributed by atoms with Crippen molar-refractivity contribution in [1.29, 1.82) is 0 Å². The third-order valence-corrected chi connectivity index (χ3v) is 4.03. The Morgan fingerprint density at radius 2 is 1.89 bits per heavy atom. The van der Waals surface area contributed by atoms with E-state index >= 15 is 0 Å². The zero-order valence-corrected chi connectivity index (χ0v) is 11.9. The van der Waals surface area contributed by atoms with E-state index in [1.807, 2.05) is 0 Å². The lowest BCUT2D eigenvalue weighted by molar-refractivity contribution is -0.151. The van der Waals surface area contributed by atoms with Gasteiger partial charge in [0.15, 0.2) is 0 Å². The summed E-state index contributed by atoms with van der Waals surface area (Å²) in [5.41, 5.74) is -1.20. The molecular formula is C15H24O4. The Bertz CT molecular complexity index is 361. The molecule has 0 saturated carbocycles. The van der Waals surface area contributed by atoms with E-state index in [2.05, 4.69) is 13.5 Å². The van der Waals surface area contributed by atoms with Crippen LogP contribution in [-0.2, 0) is 14.3 Å². The number of esters is 1. The van der Waals surface area contributed by atoms with Crippen molar-refractivity contribution in [3.05, 3.63) is 12.2 Å². The Hall–Kier alpha value is -1.32. The van der Waals surface area contributed by atoms with Crippen LogP contribution in [0.1, 0.15) is 58.8 Å². The highest BCUT2D eigenvalue weighted by Gasteiger charge is 2.54. The smallest absolute Gasteiger partial charge is 0.335 e. The van der Waals surface area contributed by atoms with Gasteiger partial charge in [0, 0.05) is 0 Å². The van der Waals surface area contributed by atoms with Gasteiger partial charge in [-0.1, -0.05) is 45.6 Å². The fraction of sp³-hybridized carbons (Fsp3) is 0.733. The van der Waals surface area contributed by atoms with Gasteiger partial charge in [-0.25, -0.2) is 4.79 Å². The Morgan fingerprint density at radius 3 is 2.47 bits per heavy atom. The molecule has 0 aliphatic carbocycles. The number of hydrogen-bond acceptors (Lipinski definition) is 3. The summed E-state index contributed by atoms with van der Waals surface area (Å²) in [5, 5.41) is 9.31. The van der Waals surface area contributed by atoms with Gasteiger partial charge in [0.2, 0.25) is 0 Å². The molecule has 2 unspecified atom stereocenters. The lowest BCUT2D eigenvalue weighted by Crippen LogP contribution is -2.37. The summed E-state index contributed by atoms with van der Waals surface area (Å²) in [6, 6.07) is 0. The van der Waals surface area contributed by atoms with Crippen molar-refractivity contribution < 1.29 is 19.4 Å². The summed E-state index contributed by atoms with van der Waals surface area (Å²) in [4.78, 5) is 22.9. The van der Waals surface area contributed by atoms with E-state index in [1.165, 1.54) is 26.2 Å². The molecule has 1 aliphatic heterocycles. The summed E-state index contributed by atoms with van der Waals surface area (Å²) in [7, 11) is 0. The molecule has 0 bridgehead atoms. The van der Waals surface area contributed by atoms with Gasteiger partial charge >= 0.3 is 11.9 Å². The maximum Gasteiger partial charge on any atom is 0.335 e. The molecule has 4 nitrogen and oxygen atoms in total. The van der Waals surface area contributed by atoms with E-state index in [0.717, 1.165) is 19.3 Å². The quantitative estimate of drug-likeness (QED) is 0.417. The zero-order chi connectivity index (χ0) is 14.5. The van der Waals surface area contributed by atoms with Gasteiger partial charge in [-0.15, -0.1) is 0 Å². The maximum absolute atomic E-state index is 11.5. The van der Waals surface area contributed by atoms with Crippen LogP contribution < -0.4 is 0 Å². The minimum atomic E-state index is -1.26. The van der Waals surface area contributed by atoms with Gasteiger partial charge < -0.3 is 9.84 Å². The Kier molecular flexibility index (Phi) is 5.58. The van der Waals surface area contributed by atoms with Crippen molar-refractivity contribution in [1.82, 2.24) is 0 Å². The molecule has 1 heterocycles. The number of carbonyl (C=O) groups is 2. The molecule has 0 aromatic heterocycles. The highest BCUT2D eigenvalue weighted by Crippen LogP contribution is 2.41. The van der Waals surface area contributed by atoms with Crippen LogP contribution in [0.3, 0.4) is 0 Å². The van der Waals surface area contributed by atoms with Crippen molar-refractivity contribution >= 4 is 11.9 Å². The van der Waals surface area contributed by atoms with Crippen LogP contribution in [0.5, 0.6) is 0 Å². The second-order valence-electron chi connectivity index (χ2n) is 5.44. The number of cyclic esters (lactones) is 1. The predicted molar refractivity (Wildman–Crippen MR) is 72.8 cm³/mol. The number of carbonyl (C=O) groups excluding carboxylic acids is 1. The van der Waals surface area contributed by atoms with E-state index in [0.29, 0.717) is 6.42 Å². The highest BCUT2D eigenvalue weighted by atomic mass is 16.6. The van der Waals surface area contributed by atoms with Crippen molar-refractivity contribution in [3.63, 3.8) is 0 Å². The summed E-state index contributed by atoms with van der Waals surface area (Å²) in [5.74, 6) is -1.60. The first kappa shape index (κ1) is 15.7. The SMILES string of the molecule is C=C1C(=O)OC(CCCCCCCC)C1(C)C(=O)O. The molecular weight excluding hydrogens is 244 g/mol. The van der Waals surface area contributed by atoms with Crippen LogP contribution in [-0.4, -0.2) is 23.1 Å². The van der Waals surface area contributed by atoms with E-state index < -0.39 is 23.5 Å². The maximum atomic E-state index is 11.5. The summed E-state index contributed by atoms with van der Waals surface area (Å²) < 4.78 is 5.16. The molecule has 1 aliphatic rings. The van der Waals surface area contributed by atoms with Gasteiger partial charge in [0.1, 0.15) is 11.5 Å². The molecule has 0 aromatic rings. The fourth-order valence-electron chi connectivity index (χ4n) is 2.45.